The molecule has 80 valence electrons. The number of hydrogen-bond donors (Lipinski definition) is 0. The molecule has 0 radical (unpaired) electrons. The van der Waals surface area contributed by atoms with Crippen LogP contribution in [-0.2, 0) is 4.74 Å². The summed E-state index contributed by atoms with van der Waals surface area (Å²) in [5.74, 6) is 1.26. The van der Waals surface area contributed by atoms with Crippen molar-refractivity contribution >= 4 is 5.78 Å². The van der Waals surface area contributed by atoms with Crippen molar-refractivity contribution in [2.24, 2.45) is 0 Å². The molecule has 0 fully saturated rings. The number of rotatable bonds is 3. The van der Waals surface area contributed by atoms with Crippen LogP contribution in [0.4, 0.5) is 0 Å². The number of carbonyl (C=O) groups is 1. The molecule has 1 aliphatic heterocycles. The molecule has 0 saturated heterocycles. The zero-order chi connectivity index (χ0) is 10.7. The number of fused-ring (bicyclic) bond motifs is 1. The Kier molecular flexibility index (Phi) is 2.87. The lowest BCUT2D eigenvalue weighted by atomic mass is 10.1. The minimum absolute atomic E-state index is 0.0607. The molecule has 0 bridgehead atoms. The van der Waals surface area contributed by atoms with Crippen molar-refractivity contribution in [3.05, 3.63) is 23.8 Å². The summed E-state index contributed by atoms with van der Waals surface area (Å²) in [5, 5.41) is 0. The van der Waals surface area contributed by atoms with Crippen LogP contribution < -0.4 is 9.47 Å². The van der Waals surface area contributed by atoms with E-state index in [-0.39, 0.29) is 12.4 Å². The van der Waals surface area contributed by atoms with E-state index < -0.39 is 0 Å². The molecule has 1 aromatic rings. The average Bonchev–Trinajstić information content (AvgIpc) is 2.29. The highest BCUT2D eigenvalue weighted by Gasteiger charge is 2.14. The van der Waals surface area contributed by atoms with Gasteiger partial charge in [0.2, 0.25) is 0 Å². The van der Waals surface area contributed by atoms with Gasteiger partial charge < -0.3 is 14.2 Å². The molecule has 1 heterocycles. The molecular formula is C11H12O4. The molecule has 4 heteroatoms. The van der Waals surface area contributed by atoms with Crippen LogP contribution in [0, 0.1) is 0 Å². The molecule has 0 unspecified atom stereocenters. The number of Topliss-reactive ketones (excluding diaryl/α,β-unsaturated/α-hetero) is 1. The second-order valence-corrected chi connectivity index (χ2v) is 3.21. The van der Waals surface area contributed by atoms with Crippen molar-refractivity contribution in [1.29, 1.82) is 0 Å². The zero-order valence-corrected chi connectivity index (χ0v) is 8.49. The predicted molar refractivity (Wildman–Crippen MR) is 53.6 cm³/mol. The molecule has 2 rings (SSSR count). The lowest BCUT2D eigenvalue weighted by Gasteiger charge is -2.18. The van der Waals surface area contributed by atoms with Gasteiger partial charge in [-0.15, -0.1) is 0 Å². The zero-order valence-electron chi connectivity index (χ0n) is 8.49. The molecule has 0 amide bonds. The van der Waals surface area contributed by atoms with Crippen LogP contribution in [0.1, 0.15) is 10.4 Å². The first kappa shape index (κ1) is 9.98. The fourth-order valence-electron chi connectivity index (χ4n) is 1.43. The third-order valence-corrected chi connectivity index (χ3v) is 2.14. The van der Waals surface area contributed by atoms with Gasteiger partial charge in [-0.3, -0.25) is 4.79 Å². The van der Waals surface area contributed by atoms with Gasteiger partial charge in [0.25, 0.3) is 0 Å². The van der Waals surface area contributed by atoms with Crippen molar-refractivity contribution < 1.29 is 19.0 Å². The van der Waals surface area contributed by atoms with E-state index in [9.17, 15) is 4.79 Å². The molecule has 4 nitrogen and oxygen atoms in total. The number of methoxy groups -OCH3 is 1. The molecular weight excluding hydrogens is 196 g/mol. The van der Waals surface area contributed by atoms with Crippen LogP contribution in [0.2, 0.25) is 0 Å². The second-order valence-electron chi connectivity index (χ2n) is 3.21. The largest absolute Gasteiger partial charge is 0.486 e. The van der Waals surface area contributed by atoms with Gasteiger partial charge >= 0.3 is 0 Å². The summed E-state index contributed by atoms with van der Waals surface area (Å²) in [5.41, 5.74) is 0.584. The van der Waals surface area contributed by atoms with Crippen LogP contribution in [0.15, 0.2) is 18.2 Å². The van der Waals surface area contributed by atoms with Gasteiger partial charge in [-0.05, 0) is 18.2 Å². The normalized spacial score (nSPS) is 13.7. The fraction of sp³-hybridized carbons (Fsp3) is 0.364. The summed E-state index contributed by atoms with van der Waals surface area (Å²) in [6.45, 7) is 1.16. The quantitative estimate of drug-likeness (QED) is 0.702. The van der Waals surface area contributed by atoms with Gasteiger partial charge in [0.15, 0.2) is 17.3 Å². The van der Waals surface area contributed by atoms with E-state index in [1.807, 2.05) is 0 Å². The monoisotopic (exact) mass is 208 g/mol. The maximum atomic E-state index is 11.5. The van der Waals surface area contributed by atoms with Gasteiger partial charge in [-0.25, -0.2) is 0 Å². The van der Waals surface area contributed by atoms with Gasteiger partial charge in [-0.1, -0.05) is 0 Å². The fourth-order valence-corrected chi connectivity index (χ4v) is 1.43. The highest BCUT2D eigenvalue weighted by Crippen LogP contribution is 2.30. The summed E-state index contributed by atoms with van der Waals surface area (Å²) in [6, 6.07) is 5.15. The van der Waals surface area contributed by atoms with Crippen LogP contribution in [0.25, 0.3) is 0 Å². The van der Waals surface area contributed by atoms with E-state index >= 15 is 0 Å². The predicted octanol–water partition coefficient (Wildman–Crippen LogP) is 1.29. The van der Waals surface area contributed by atoms with Crippen molar-refractivity contribution in [3.8, 4) is 11.5 Å². The summed E-state index contributed by atoms with van der Waals surface area (Å²) in [4.78, 5) is 11.5. The Morgan fingerprint density at radius 2 is 2.07 bits per heavy atom. The maximum absolute atomic E-state index is 11.5. The molecule has 15 heavy (non-hydrogen) atoms. The van der Waals surface area contributed by atoms with E-state index in [1.54, 1.807) is 18.2 Å². The Hall–Kier alpha value is -1.55. The lowest BCUT2D eigenvalue weighted by molar-refractivity contribution is 0.0847. The van der Waals surface area contributed by atoms with E-state index in [0.29, 0.717) is 30.3 Å². The first-order chi connectivity index (χ1) is 7.31. The van der Waals surface area contributed by atoms with E-state index in [1.165, 1.54) is 7.11 Å². The molecule has 0 atom stereocenters. The van der Waals surface area contributed by atoms with Crippen LogP contribution in [0.5, 0.6) is 11.5 Å². The number of ketones is 1. The Labute approximate surface area is 87.8 Å². The summed E-state index contributed by atoms with van der Waals surface area (Å²) >= 11 is 0. The summed E-state index contributed by atoms with van der Waals surface area (Å²) < 4.78 is 15.5. The summed E-state index contributed by atoms with van der Waals surface area (Å²) in [7, 11) is 1.50. The minimum atomic E-state index is -0.0607. The molecule has 0 spiro atoms. The van der Waals surface area contributed by atoms with Gasteiger partial charge in [0.1, 0.15) is 19.8 Å². The van der Waals surface area contributed by atoms with Crippen molar-refractivity contribution in [2.45, 2.75) is 0 Å². The van der Waals surface area contributed by atoms with E-state index in [4.69, 9.17) is 14.2 Å². The van der Waals surface area contributed by atoms with Gasteiger partial charge in [0.05, 0.1) is 0 Å². The minimum Gasteiger partial charge on any atom is -0.486 e. The molecule has 1 aliphatic rings. The number of benzene rings is 1. The summed E-state index contributed by atoms with van der Waals surface area (Å²) in [6.07, 6.45) is 0. The molecule has 0 aliphatic carbocycles. The van der Waals surface area contributed by atoms with E-state index in [2.05, 4.69) is 0 Å². The van der Waals surface area contributed by atoms with Crippen molar-refractivity contribution in [1.82, 2.24) is 0 Å². The Bertz CT molecular complexity index is 373. The van der Waals surface area contributed by atoms with E-state index in [0.717, 1.165) is 0 Å². The molecule has 1 aromatic carbocycles. The second kappa shape index (κ2) is 4.31. The Morgan fingerprint density at radius 1 is 1.33 bits per heavy atom. The Morgan fingerprint density at radius 3 is 2.80 bits per heavy atom. The Balaban J connectivity index is 2.24. The highest BCUT2D eigenvalue weighted by atomic mass is 16.6. The maximum Gasteiger partial charge on any atom is 0.188 e. The number of carbonyl (C=O) groups excluding carboxylic acids is 1. The van der Waals surface area contributed by atoms with Gasteiger partial charge in [0, 0.05) is 12.7 Å². The standard InChI is InChI=1S/C11H12O4/c1-13-7-9(12)8-2-3-10-11(6-8)15-5-4-14-10/h2-3,6H,4-5,7H2,1H3. The van der Waals surface area contributed by atoms with Crippen molar-refractivity contribution in [3.63, 3.8) is 0 Å². The molecule has 0 aromatic heterocycles. The third-order valence-electron chi connectivity index (χ3n) is 2.14. The first-order valence-electron chi connectivity index (χ1n) is 4.73. The average molecular weight is 208 g/mol. The van der Waals surface area contributed by atoms with Crippen LogP contribution in [-0.4, -0.2) is 32.7 Å². The van der Waals surface area contributed by atoms with Crippen LogP contribution >= 0.6 is 0 Å². The SMILES string of the molecule is COCC(=O)c1ccc2c(c1)OCCO2. The topological polar surface area (TPSA) is 44.8 Å². The first-order valence-corrected chi connectivity index (χ1v) is 4.73. The molecule has 0 saturated carbocycles. The van der Waals surface area contributed by atoms with Crippen molar-refractivity contribution in [2.75, 3.05) is 26.9 Å². The highest BCUT2D eigenvalue weighted by molar-refractivity contribution is 5.97. The van der Waals surface area contributed by atoms with Crippen LogP contribution in [0.3, 0.4) is 0 Å². The smallest absolute Gasteiger partial charge is 0.188 e. The third kappa shape index (κ3) is 2.10. The number of ether oxygens (including phenoxy) is 3. The van der Waals surface area contributed by atoms with Gasteiger partial charge in [-0.2, -0.15) is 0 Å². The molecule has 0 N–H and O–H groups in total. The number of hydrogen-bond acceptors (Lipinski definition) is 4. The lowest BCUT2D eigenvalue weighted by Crippen LogP contribution is -2.16.